The Balaban J connectivity index is 1.52. The van der Waals surface area contributed by atoms with Crippen molar-refractivity contribution in [3.63, 3.8) is 0 Å². The molecule has 5 heteroatoms. The molecule has 0 saturated carbocycles. The molecule has 2 aromatic carbocycles. The number of methoxy groups -OCH3 is 1. The van der Waals surface area contributed by atoms with Crippen LogP contribution in [0.5, 0.6) is 5.75 Å². The molecule has 0 radical (unpaired) electrons. The Kier molecular flexibility index (Phi) is 6.53. The van der Waals surface area contributed by atoms with E-state index in [0.29, 0.717) is 11.4 Å². The van der Waals surface area contributed by atoms with Gasteiger partial charge in [-0.25, -0.2) is 0 Å². The Labute approximate surface area is 160 Å². The van der Waals surface area contributed by atoms with Crippen LogP contribution in [-0.2, 0) is 17.8 Å². The predicted octanol–water partition coefficient (Wildman–Crippen LogP) is 3.63. The molecule has 0 atom stereocenters. The summed E-state index contributed by atoms with van der Waals surface area (Å²) in [5, 5.41) is 0.699. The molecule has 1 fully saturated rings. The number of carbonyl (C=O) groups excluding carboxylic acids is 1. The lowest BCUT2D eigenvalue weighted by Crippen LogP contribution is -2.36. The lowest BCUT2D eigenvalue weighted by atomic mass is 10.1. The van der Waals surface area contributed by atoms with Crippen molar-refractivity contribution in [2.75, 3.05) is 33.3 Å². The highest BCUT2D eigenvalue weighted by molar-refractivity contribution is 6.30. The maximum atomic E-state index is 12.6. The maximum Gasteiger partial charge on any atom is 0.227 e. The Morgan fingerprint density at radius 2 is 1.65 bits per heavy atom. The number of halogens is 1. The fourth-order valence-corrected chi connectivity index (χ4v) is 3.38. The molecule has 0 bridgehead atoms. The topological polar surface area (TPSA) is 32.8 Å². The fourth-order valence-electron chi connectivity index (χ4n) is 3.26. The Morgan fingerprint density at radius 1 is 0.962 bits per heavy atom. The van der Waals surface area contributed by atoms with Crippen LogP contribution < -0.4 is 4.74 Å². The van der Waals surface area contributed by atoms with Crippen LogP contribution in [0.4, 0.5) is 0 Å². The van der Waals surface area contributed by atoms with Gasteiger partial charge in [0.15, 0.2) is 0 Å². The van der Waals surface area contributed by atoms with Gasteiger partial charge in [-0.2, -0.15) is 0 Å². The molecular weight excluding hydrogens is 348 g/mol. The maximum absolute atomic E-state index is 12.6. The Morgan fingerprint density at radius 3 is 2.35 bits per heavy atom. The van der Waals surface area contributed by atoms with Crippen LogP contribution in [0.3, 0.4) is 0 Å². The summed E-state index contributed by atoms with van der Waals surface area (Å²) in [5.74, 6) is 1.07. The first-order valence-corrected chi connectivity index (χ1v) is 9.39. The zero-order valence-corrected chi connectivity index (χ0v) is 15.9. The van der Waals surface area contributed by atoms with Crippen molar-refractivity contribution in [2.24, 2.45) is 0 Å². The van der Waals surface area contributed by atoms with Gasteiger partial charge < -0.3 is 9.64 Å². The molecular formula is C21H25ClN2O2. The van der Waals surface area contributed by atoms with E-state index in [1.165, 1.54) is 5.56 Å². The second kappa shape index (κ2) is 9.06. The summed E-state index contributed by atoms with van der Waals surface area (Å²) >= 11 is 5.91. The summed E-state index contributed by atoms with van der Waals surface area (Å²) in [4.78, 5) is 17.0. The largest absolute Gasteiger partial charge is 0.497 e. The molecule has 1 amide bonds. The minimum absolute atomic E-state index is 0.193. The van der Waals surface area contributed by atoms with Gasteiger partial charge >= 0.3 is 0 Å². The van der Waals surface area contributed by atoms with Gasteiger partial charge in [0, 0.05) is 37.7 Å². The number of hydrogen-bond donors (Lipinski definition) is 0. The molecule has 1 aliphatic rings. The van der Waals surface area contributed by atoms with Crippen molar-refractivity contribution < 1.29 is 9.53 Å². The summed E-state index contributed by atoms with van der Waals surface area (Å²) in [7, 11) is 1.68. The summed E-state index contributed by atoms with van der Waals surface area (Å²) in [6.07, 6.45) is 1.44. The summed E-state index contributed by atoms with van der Waals surface area (Å²) in [6.45, 7) is 4.42. The van der Waals surface area contributed by atoms with Crippen molar-refractivity contribution in [3.8, 4) is 5.75 Å². The number of benzene rings is 2. The number of nitrogens with zero attached hydrogens (tertiary/aromatic N) is 2. The van der Waals surface area contributed by atoms with E-state index in [1.54, 1.807) is 7.11 Å². The molecule has 1 aliphatic heterocycles. The standard InChI is InChI=1S/C21H25ClN2O2/c1-26-20-9-5-18(6-10-20)16-23-11-2-12-24(14-13-23)21(25)15-17-3-7-19(22)8-4-17/h3-10H,2,11-16H2,1H3. The van der Waals surface area contributed by atoms with Crippen LogP contribution in [0.15, 0.2) is 48.5 Å². The zero-order valence-electron chi connectivity index (χ0n) is 15.2. The van der Waals surface area contributed by atoms with E-state index in [2.05, 4.69) is 17.0 Å². The Hall–Kier alpha value is -2.04. The van der Waals surface area contributed by atoms with Gasteiger partial charge in [-0.1, -0.05) is 35.9 Å². The number of rotatable bonds is 5. The lowest BCUT2D eigenvalue weighted by molar-refractivity contribution is -0.130. The molecule has 4 nitrogen and oxygen atoms in total. The lowest BCUT2D eigenvalue weighted by Gasteiger charge is -2.22. The van der Waals surface area contributed by atoms with E-state index in [0.717, 1.165) is 50.5 Å². The van der Waals surface area contributed by atoms with E-state index in [-0.39, 0.29) is 5.91 Å². The van der Waals surface area contributed by atoms with Gasteiger partial charge in [-0.15, -0.1) is 0 Å². The minimum atomic E-state index is 0.193. The van der Waals surface area contributed by atoms with Gasteiger partial charge in [-0.05, 0) is 41.8 Å². The SMILES string of the molecule is COc1ccc(CN2CCCN(C(=O)Cc3ccc(Cl)cc3)CC2)cc1. The van der Waals surface area contributed by atoms with Gasteiger partial charge in [0.05, 0.1) is 13.5 Å². The van der Waals surface area contributed by atoms with E-state index >= 15 is 0 Å². The van der Waals surface area contributed by atoms with Crippen molar-refractivity contribution in [2.45, 2.75) is 19.4 Å². The molecule has 0 unspecified atom stereocenters. The third kappa shape index (κ3) is 5.23. The average Bonchev–Trinajstić information content (AvgIpc) is 2.90. The van der Waals surface area contributed by atoms with Crippen LogP contribution >= 0.6 is 11.6 Å². The zero-order chi connectivity index (χ0) is 18.4. The number of hydrogen-bond acceptors (Lipinski definition) is 3. The molecule has 3 rings (SSSR count). The summed E-state index contributed by atoms with van der Waals surface area (Å²) in [6, 6.07) is 15.7. The van der Waals surface area contributed by atoms with Gasteiger partial charge in [-0.3, -0.25) is 9.69 Å². The normalized spacial score (nSPS) is 15.5. The van der Waals surface area contributed by atoms with Crippen LogP contribution in [0.1, 0.15) is 17.5 Å². The second-order valence-corrected chi connectivity index (χ2v) is 7.10. The first-order valence-electron chi connectivity index (χ1n) is 9.01. The molecule has 0 spiro atoms. The van der Waals surface area contributed by atoms with Crippen LogP contribution in [0.2, 0.25) is 5.02 Å². The van der Waals surface area contributed by atoms with Crippen LogP contribution in [-0.4, -0.2) is 49.0 Å². The monoisotopic (exact) mass is 372 g/mol. The van der Waals surface area contributed by atoms with Crippen molar-refractivity contribution >= 4 is 17.5 Å². The third-order valence-corrected chi connectivity index (χ3v) is 5.03. The molecule has 0 aliphatic carbocycles. The molecule has 1 saturated heterocycles. The fraction of sp³-hybridized carbons (Fsp3) is 0.381. The highest BCUT2D eigenvalue weighted by Crippen LogP contribution is 2.15. The second-order valence-electron chi connectivity index (χ2n) is 6.66. The highest BCUT2D eigenvalue weighted by atomic mass is 35.5. The van der Waals surface area contributed by atoms with Crippen LogP contribution in [0, 0.1) is 0 Å². The van der Waals surface area contributed by atoms with Gasteiger partial charge in [0.25, 0.3) is 0 Å². The molecule has 0 aromatic heterocycles. The van der Waals surface area contributed by atoms with E-state index in [9.17, 15) is 4.79 Å². The predicted molar refractivity (Wildman–Crippen MR) is 105 cm³/mol. The molecule has 26 heavy (non-hydrogen) atoms. The smallest absolute Gasteiger partial charge is 0.227 e. The number of amides is 1. The van der Waals surface area contributed by atoms with Crippen molar-refractivity contribution in [1.82, 2.24) is 9.80 Å². The first-order chi connectivity index (χ1) is 12.6. The van der Waals surface area contributed by atoms with Gasteiger partial charge in [0.2, 0.25) is 5.91 Å². The Bertz CT molecular complexity index is 716. The third-order valence-electron chi connectivity index (χ3n) is 4.78. The number of ether oxygens (including phenoxy) is 1. The molecule has 2 aromatic rings. The summed E-state index contributed by atoms with van der Waals surface area (Å²) in [5.41, 5.74) is 2.28. The quantitative estimate of drug-likeness (QED) is 0.803. The van der Waals surface area contributed by atoms with Gasteiger partial charge in [0.1, 0.15) is 5.75 Å². The van der Waals surface area contributed by atoms with E-state index in [4.69, 9.17) is 16.3 Å². The van der Waals surface area contributed by atoms with E-state index in [1.807, 2.05) is 41.3 Å². The minimum Gasteiger partial charge on any atom is -0.497 e. The highest BCUT2D eigenvalue weighted by Gasteiger charge is 2.19. The van der Waals surface area contributed by atoms with E-state index < -0.39 is 0 Å². The molecule has 1 heterocycles. The van der Waals surface area contributed by atoms with Crippen molar-refractivity contribution in [1.29, 1.82) is 0 Å². The first kappa shape index (κ1) is 18.7. The molecule has 0 N–H and O–H groups in total. The average molecular weight is 373 g/mol. The van der Waals surface area contributed by atoms with Crippen molar-refractivity contribution in [3.05, 3.63) is 64.7 Å². The summed E-state index contributed by atoms with van der Waals surface area (Å²) < 4.78 is 5.21. The molecule has 138 valence electrons. The van der Waals surface area contributed by atoms with Crippen LogP contribution in [0.25, 0.3) is 0 Å². The number of carbonyl (C=O) groups is 1.